The van der Waals surface area contributed by atoms with E-state index in [0.717, 1.165) is 0 Å². The van der Waals surface area contributed by atoms with Gasteiger partial charge in [-0.15, -0.1) is 11.6 Å². The first-order chi connectivity index (χ1) is 11.5. The van der Waals surface area contributed by atoms with Crippen LogP contribution in [0.5, 0.6) is 0 Å². The molecule has 0 amide bonds. The van der Waals surface area contributed by atoms with E-state index in [2.05, 4.69) is 15.1 Å². The van der Waals surface area contributed by atoms with Crippen LogP contribution in [0.4, 0.5) is 5.82 Å². The second-order valence-electron chi connectivity index (χ2n) is 5.61. The molecule has 0 saturated carbocycles. The minimum Gasteiger partial charge on any atom is -0.394 e. The Morgan fingerprint density at radius 3 is 2.92 bits per heavy atom. The summed E-state index contributed by atoms with van der Waals surface area (Å²) in [5, 5.41) is 32.8. The van der Waals surface area contributed by atoms with Gasteiger partial charge in [-0.3, -0.25) is 10.7 Å². The van der Waals surface area contributed by atoms with Gasteiger partial charge in [0.15, 0.2) is 12.0 Å². The van der Waals surface area contributed by atoms with Crippen LogP contribution in [0.15, 0.2) is 17.6 Å². The lowest BCUT2D eigenvalue weighted by Crippen LogP contribution is -2.39. The molecule has 2 aromatic heterocycles. The second-order valence-corrected chi connectivity index (χ2v) is 6.42. The molecular weight excluding hydrogens is 340 g/mol. The van der Waals surface area contributed by atoms with Crippen molar-refractivity contribution in [2.24, 2.45) is 10.9 Å². The van der Waals surface area contributed by atoms with Gasteiger partial charge in [0.05, 0.1) is 18.2 Å². The smallest absolute Gasteiger partial charge is 0.163 e. The molecule has 10 nitrogen and oxygen atoms in total. The Hall–Kier alpha value is -1.98. The predicted octanol–water partition coefficient (Wildman–Crippen LogP) is -0.227. The van der Waals surface area contributed by atoms with E-state index in [4.69, 9.17) is 22.2 Å². The maximum absolute atomic E-state index is 10.3. The fraction of sp³-hybridized carbons (Fsp3) is 0.462. The molecule has 24 heavy (non-hydrogen) atoms. The van der Waals surface area contributed by atoms with Crippen LogP contribution >= 0.6 is 11.6 Å². The number of rotatable bonds is 4. The number of anilines is 1. The molecule has 1 saturated heterocycles. The van der Waals surface area contributed by atoms with E-state index in [0.29, 0.717) is 16.6 Å². The molecule has 2 aromatic rings. The summed E-state index contributed by atoms with van der Waals surface area (Å²) >= 11 is 6.48. The molecule has 11 heteroatoms. The minimum atomic E-state index is -1.21. The highest BCUT2D eigenvalue weighted by Gasteiger charge is 2.53. The number of aromatic nitrogens is 3. The number of fused-ring (bicyclic) bond motifs is 1. The lowest BCUT2D eigenvalue weighted by molar-refractivity contribution is -0.0439. The van der Waals surface area contributed by atoms with Crippen LogP contribution in [0.1, 0.15) is 18.7 Å². The standard InChI is InChI=1S/C13H17ClN6O4/c1-13(14)9(22)7(4-21)24-12(13)20-3-6(2-18-15)8-10(19-23)16-5-17-11(8)20/h2-3,5,7,9,12,21-23H,4,15H2,1H3,(H,16,17,19)/b18-2+/t7-,9-,12-,13-/m1/s1. The molecule has 3 heterocycles. The van der Waals surface area contributed by atoms with Gasteiger partial charge in [0.1, 0.15) is 29.1 Å². The van der Waals surface area contributed by atoms with Crippen molar-refractivity contribution >= 4 is 34.7 Å². The Kier molecular flexibility index (Phi) is 4.32. The van der Waals surface area contributed by atoms with Crippen LogP contribution < -0.4 is 11.3 Å². The lowest BCUT2D eigenvalue weighted by Gasteiger charge is -2.26. The number of alkyl halides is 1. The monoisotopic (exact) mass is 356 g/mol. The average Bonchev–Trinajstić information content (AvgIpc) is 3.04. The Balaban J connectivity index is 2.20. The molecule has 1 aliphatic heterocycles. The van der Waals surface area contributed by atoms with Crippen molar-refractivity contribution < 1.29 is 20.2 Å². The summed E-state index contributed by atoms with van der Waals surface area (Å²) in [5.74, 6) is 5.39. The van der Waals surface area contributed by atoms with Gasteiger partial charge < -0.3 is 25.4 Å². The summed E-state index contributed by atoms with van der Waals surface area (Å²) < 4.78 is 7.29. The average molecular weight is 357 g/mol. The molecule has 3 rings (SSSR count). The number of nitrogens with one attached hydrogen (secondary N) is 1. The van der Waals surface area contributed by atoms with Crippen LogP contribution in [0.25, 0.3) is 11.0 Å². The van der Waals surface area contributed by atoms with Crippen molar-refractivity contribution in [1.82, 2.24) is 14.5 Å². The maximum atomic E-state index is 10.3. The fourth-order valence-electron chi connectivity index (χ4n) is 2.92. The van der Waals surface area contributed by atoms with E-state index < -0.39 is 23.3 Å². The van der Waals surface area contributed by atoms with Gasteiger partial charge in [-0.1, -0.05) is 0 Å². The second kappa shape index (κ2) is 6.15. The molecule has 0 unspecified atom stereocenters. The van der Waals surface area contributed by atoms with Crippen molar-refractivity contribution in [1.29, 1.82) is 0 Å². The summed E-state index contributed by atoms with van der Waals surface area (Å²) in [5.41, 5.74) is 2.90. The first-order valence-electron chi connectivity index (χ1n) is 7.07. The minimum absolute atomic E-state index is 0.155. The first-order valence-corrected chi connectivity index (χ1v) is 7.45. The van der Waals surface area contributed by atoms with Crippen LogP contribution in [-0.2, 0) is 4.74 Å². The molecule has 1 aliphatic rings. The molecule has 4 atom stereocenters. The summed E-state index contributed by atoms with van der Waals surface area (Å²) in [7, 11) is 0. The number of halogens is 1. The van der Waals surface area contributed by atoms with Crippen LogP contribution in [0.2, 0.25) is 0 Å². The van der Waals surface area contributed by atoms with Crippen LogP contribution in [0.3, 0.4) is 0 Å². The molecule has 0 spiro atoms. The zero-order chi connectivity index (χ0) is 17.5. The van der Waals surface area contributed by atoms with Gasteiger partial charge >= 0.3 is 0 Å². The van der Waals surface area contributed by atoms with Gasteiger partial charge in [-0.2, -0.15) is 5.10 Å². The summed E-state index contributed by atoms with van der Waals surface area (Å²) in [6.45, 7) is 1.23. The number of aliphatic hydroxyl groups excluding tert-OH is 2. The SMILES string of the molecule is C[C@@]1(Cl)[C@H](O)[C@@H](CO)O[C@H]1n1cc(/C=N/N)c2c(NO)ncnc21. The van der Waals surface area contributed by atoms with E-state index >= 15 is 0 Å². The number of ether oxygens (including phenoxy) is 1. The van der Waals surface area contributed by atoms with E-state index in [1.54, 1.807) is 17.7 Å². The third-order valence-corrected chi connectivity index (χ3v) is 4.52. The molecular formula is C13H17ClN6O4. The third kappa shape index (κ3) is 2.39. The van der Waals surface area contributed by atoms with E-state index in [9.17, 15) is 15.4 Å². The highest BCUT2D eigenvalue weighted by atomic mass is 35.5. The molecule has 0 radical (unpaired) electrons. The largest absolute Gasteiger partial charge is 0.394 e. The van der Waals surface area contributed by atoms with Gasteiger partial charge in [-0.25, -0.2) is 9.97 Å². The Bertz CT molecular complexity index is 779. The predicted molar refractivity (Wildman–Crippen MR) is 86.0 cm³/mol. The Morgan fingerprint density at radius 2 is 2.33 bits per heavy atom. The molecule has 0 aliphatic carbocycles. The number of nitrogens with zero attached hydrogens (tertiary/aromatic N) is 4. The summed E-state index contributed by atoms with van der Waals surface area (Å²) in [4.78, 5) is 6.92. The fourth-order valence-corrected chi connectivity index (χ4v) is 3.22. The van der Waals surface area contributed by atoms with Gasteiger partial charge in [0.2, 0.25) is 0 Å². The maximum Gasteiger partial charge on any atom is 0.163 e. The van der Waals surface area contributed by atoms with E-state index in [-0.39, 0.29) is 12.4 Å². The number of hydrogen-bond donors (Lipinski definition) is 5. The van der Waals surface area contributed by atoms with Crippen molar-refractivity contribution in [2.45, 2.75) is 30.2 Å². The zero-order valence-electron chi connectivity index (χ0n) is 12.7. The van der Waals surface area contributed by atoms with Crippen molar-refractivity contribution in [3.8, 4) is 0 Å². The normalized spacial score (nSPS) is 30.5. The lowest BCUT2D eigenvalue weighted by atomic mass is 10.0. The van der Waals surface area contributed by atoms with Gasteiger partial charge in [0, 0.05) is 11.8 Å². The highest BCUT2D eigenvalue weighted by molar-refractivity contribution is 6.24. The number of hydrogen-bond acceptors (Lipinski definition) is 9. The first kappa shape index (κ1) is 16.9. The number of nitrogens with two attached hydrogens (primary N) is 1. The van der Waals surface area contributed by atoms with Crippen molar-refractivity contribution in [3.05, 3.63) is 18.1 Å². The molecule has 6 N–H and O–H groups in total. The Morgan fingerprint density at radius 1 is 1.58 bits per heavy atom. The Labute approximate surface area is 141 Å². The molecule has 130 valence electrons. The number of hydrazone groups is 1. The third-order valence-electron chi connectivity index (χ3n) is 4.11. The quantitative estimate of drug-likeness (QED) is 0.218. The zero-order valence-corrected chi connectivity index (χ0v) is 13.4. The van der Waals surface area contributed by atoms with Crippen molar-refractivity contribution in [3.63, 3.8) is 0 Å². The molecule has 0 aromatic carbocycles. The van der Waals surface area contributed by atoms with Gasteiger partial charge in [-0.05, 0) is 6.92 Å². The number of aliphatic hydroxyl groups is 2. The van der Waals surface area contributed by atoms with E-state index in [1.807, 2.05) is 5.48 Å². The molecule has 0 bridgehead atoms. The topological polar surface area (TPSA) is 151 Å². The van der Waals surface area contributed by atoms with Gasteiger partial charge in [0.25, 0.3) is 0 Å². The van der Waals surface area contributed by atoms with Crippen LogP contribution in [0, 0.1) is 0 Å². The summed E-state index contributed by atoms with van der Waals surface area (Å²) in [6, 6.07) is 0. The van der Waals surface area contributed by atoms with Crippen molar-refractivity contribution in [2.75, 3.05) is 12.1 Å². The molecule has 1 fully saturated rings. The summed E-state index contributed by atoms with van der Waals surface area (Å²) in [6.07, 6.45) is 1.49. The van der Waals surface area contributed by atoms with E-state index in [1.165, 1.54) is 12.5 Å². The van der Waals surface area contributed by atoms with Crippen LogP contribution in [-0.4, -0.2) is 59.9 Å². The highest BCUT2D eigenvalue weighted by Crippen LogP contribution is 2.44.